The Bertz CT molecular complexity index is 427. The molecule has 2 nitrogen and oxygen atoms in total. The summed E-state index contributed by atoms with van der Waals surface area (Å²) in [5, 5.41) is 3.98. The number of Topliss-reactive ketones (excluding diaryl/α,β-unsaturated/α-hetero) is 1. The van der Waals surface area contributed by atoms with Crippen molar-refractivity contribution < 1.29 is 4.79 Å². The van der Waals surface area contributed by atoms with Crippen LogP contribution in [0.5, 0.6) is 0 Å². The van der Waals surface area contributed by atoms with E-state index in [0.717, 1.165) is 19.4 Å². The fraction of sp³-hybridized carbons (Fsp3) is 0.364. The summed E-state index contributed by atoms with van der Waals surface area (Å²) in [4.78, 5) is 12.1. The summed E-state index contributed by atoms with van der Waals surface area (Å²) in [5.41, 5.74) is 0.440. The van der Waals surface area contributed by atoms with Crippen LogP contribution in [-0.2, 0) is 0 Å². The minimum absolute atomic E-state index is 0.0129. The molecule has 0 aliphatic carbocycles. The van der Waals surface area contributed by atoms with Crippen LogP contribution in [0.4, 0.5) is 0 Å². The van der Waals surface area contributed by atoms with Crippen molar-refractivity contribution in [3.05, 3.63) is 32.8 Å². The van der Waals surface area contributed by atoms with Gasteiger partial charge in [-0.05, 0) is 31.5 Å². The minimum Gasteiger partial charge on any atom is -0.307 e. The normalized spacial score (nSPS) is 20.1. The quantitative estimate of drug-likeness (QED) is 0.662. The molecule has 0 bridgehead atoms. The van der Waals surface area contributed by atoms with E-state index in [4.69, 9.17) is 34.8 Å². The topological polar surface area (TPSA) is 29.1 Å². The molecule has 0 radical (unpaired) electrons. The van der Waals surface area contributed by atoms with Crippen molar-refractivity contribution in [1.82, 2.24) is 5.32 Å². The van der Waals surface area contributed by atoms with Gasteiger partial charge >= 0.3 is 0 Å². The summed E-state index contributed by atoms with van der Waals surface area (Å²) < 4.78 is 0. The molecule has 86 valence electrons. The van der Waals surface area contributed by atoms with Crippen molar-refractivity contribution in [3.63, 3.8) is 0 Å². The monoisotopic (exact) mass is 277 g/mol. The van der Waals surface area contributed by atoms with Crippen LogP contribution in [0.3, 0.4) is 0 Å². The summed E-state index contributed by atoms with van der Waals surface area (Å²) >= 11 is 17.7. The van der Waals surface area contributed by atoms with Gasteiger partial charge in [0.05, 0.1) is 21.1 Å². The second kappa shape index (κ2) is 4.92. The van der Waals surface area contributed by atoms with Gasteiger partial charge in [-0.1, -0.05) is 34.8 Å². The average molecular weight is 279 g/mol. The van der Waals surface area contributed by atoms with E-state index >= 15 is 0 Å². The van der Waals surface area contributed by atoms with Gasteiger partial charge in [0, 0.05) is 5.56 Å². The second-order valence-electron chi connectivity index (χ2n) is 3.74. The maximum atomic E-state index is 12.1. The third-order valence-corrected chi connectivity index (χ3v) is 3.97. The van der Waals surface area contributed by atoms with Crippen LogP contribution >= 0.6 is 34.8 Å². The third-order valence-electron chi connectivity index (χ3n) is 2.68. The van der Waals surface area contributed by atoms with Crippen molar-refractivity contribution >= 4 is 40.6 Å². The van der Waals surface area contributed by atoms with E-state index in [0.29, 0.717) is 10.6 Å². The molecule has 1 saturated heterocycles. The molecule has 5 heteroatoms. The molecule has 1 aliphatic rings. The molecule has 1 aliphatic heterocycles. The first-order valence-corrected chi connectivity index (χ1v) is 6.15. The van der Waals surface area contributed by atoms with Crippen LogP contribution in [0.2, 0.25) is 15.1 Å². The van der Waals surface area contributed by atoms with Gasteiger partial charge in [0.2, 0.25) is 0 Å². The zero-order valence-corrected chi connectivity index (χ0v) is 10.7. The Morgan fingerprint density at radius 1 is 1.25 bits per heavy atom. The summed E-state index contributed by atoms with van der Waals surface area (Å²) in [7, 11) is 0. The van der Waals surface area contributed by atoms with E-state index in [2.05, 4.69) is 5.32 Å². The maximum absolute atomic E-state index is 12.1. The molecule has 1 unspecified atom stereocenters. The zero-order valence-electron chi connectivity index (χ0n) is 8.40. The molecular weight excluding hydrogens is 268 g/mol. The number of hydrogen-bond donors (Lipinski definition) is 1. The van der Waals surface area contributed by atoms with E-state index in [1.807, 2.05) is 0 Å². The van der Waals surface area contributed by atoms with E-state index in [1.165, 1.54) is 0 Å². The second-order valence-corrected chi connectivity index (χ2v) is 4.90. The Morgan fingerprint density at radius 3 is 2.62 bits per heavy atom. The summed E-state index contributed by atoms with van der Waals surface area (Å²) in [6.45, 7) is 0.870. The number of halogens is 3. The van der Waals surface area contributed by atoms with Gasteiger partial charge in [-0.3, -0.25) is 4.79 Å². The maximum Gasteiger partial charge on any atom is 0.181 e. The van der Waals surface area contributed by atoms with Gasteiger partial charge in [-0.2, -0.15) is 0 Å². The van der Waals surface area contributed by atoms with Crippen LogP contribution in [0.15, 0.2) is 12.1 Å². The minimum atomic E-state index is -0.144. The number of carbonyl (C=O) groups is 1. The number of nitrogens with one attached hydrogen (secondary N) is 1. The number of hydrogen-bond acceptors (Lipinski definition) is 2. The predicted molar refractivity (Wildman–Crippen MR) is 66.8 cm³/mol. The summed E-state index contributed by atoms with van der Waals surface area (Å²) in [6.07, 6.45) is 1.85. The molecule has 0 saturated carbocycles. The Balaban J connectivity index is 2.33. The summed E-state index contributed by atoms with van der Waals surface area (Å²) in [6, 6.07) is 3.08. The summed E-state index contributed by atoms with van der Waals surface area (Å²) in [5.74, 6) is -0.0129. The number of rotatable bonds is 2. The molecule has 0 aromatic heterocycles. The van der Waals surface area contributed by atoms with Gasteiger partial charge in [0.25, 0.3) is 0 Å². The van der Waals surface area contributed by atoms with Crippen LogP contribution in [-0.4, -0.2) is 18.4 Å². The first kappa shape index (κ1) is 12.2. The smallest absolute Gasteiger partial charge is 0.181 e. The van der Waals surface area contributed by atoms with Gasteiger partial charge in [-0.25, -0.2) is 0 Å². The highest BCUT2D eigenvalue weighted by molar-refractivity contribution is 6.49. The van der Waals surface area contributed by atoms with E-state index in [-0.39, 0.29) is 21.9 Å². The highest BCUT2D eigenvalue weighted by Crippen LogP contribution is 2.33. The Hall–Kier alpha value is -0.280. The van der Waals surface area contributed by atoms with Crippen molar-refractivity contribution in [3.8, 4) is 0 Å². The zero-order chi connectivity index (χ0) is 11.7. The van der Waals surface area contributed by atoms with Crippen LogP contribution in [0, 0.1) is 0 Å². The number of benzene rings is 1. The molecule has 1 atom stereocenters. The lowest BCUT2D eigenvalue weighted by atomic mass is 10.0. The molecule has 0 spiro atoms. The largest absolute Gasteiger partial charge is 0.307 e. The van der Waals surface area contributed by atoms with Crippen LogP contribution in [0.1, 0.15) is 23.2 Å². The van der Waals surface area contributed by atoms with Crippen LogP contribution < -0.4 is 5.32 Å². The lowest BCUT2D eigenvalue weighted by Gasteiger charge is -2.11. The van der Waals surface area contributed by atoms with Crippen molar-refractivity contribution in [2.24, 2.45) is 0 Å². The number of ketones is 1. The highest BCUT2D eigenvalue weighted by Gasteiger charge is 2.25. The SMILES string of the molecule is O=C(c1ccc(Cl)c(Cl)c1Cl)C1CCCN1. The fourth-order valence-electron chi connectivity index (χ4n) is 1.81. The Labute approximate surface area is 109 Å². The molecule has 0 amide bonds. The Kier molecular flexibility index (Phi) is 3.75. The third kappa shape index (κ3) is 2.21. The molecule has 1 aromatic rings. The molecular formula is C11H10Cl3NO. The Morgan fingerprint density at radius 2 is 2.00 bits per heavy atom. The van der Waals surface area contributed by atoms with E-state index < -0.39 is 0 Å². The van der Waals surface area contributed by atoms with Gasteiger partial charge < -0.3 is 5.32 Å². The highest BCUT2D eigenvalue weighted by atomic mass is 35.5. The lowest BCUT2D eigenvalue weighted by Crippen LogP contribution is -2.30. The van der Waals surface area contributed by atoms with E-state index in [1.54, 1.807) is 12.1 Å². The number of carbonyl (C=O) groups excluding carboxylic acids is 1. The molecule has 2 rings (SSSR count). The predicted octanol–water partition coefficient (Wildman–Crippen LogP) is 3.58. The lowest BCUT2D eigenvalue weighted by molar-refractivity contribution is 0.0952. The molecule has 1 aromatic carbocycles. The molecule has 1 fully saturated rings. The first-order chi connectivity index (χ1) is 7.61. The van der Waals surface area contributed by atoms with E-state index in [9.17, 15) is 4.79 Å². The van der Waals surface area contributed by atoms with Crippen molar-refractivity contribution in [1.29, 1.82) is 0 Å². The van der Waals surface area contributed by atoms with Crippen molar-refractivity contribution in [2.75, 3.05) is 6.54 Å². The van der Waals surface area contributed by atoms with Gasteiger partial charge in [0.15, 0.2) is 5.78 Å². The molecule has 1 N–H and O–H groups in total. The molecule has 16 heavy (non-hydrogen) atoms. The standard InChI is InChI=1S/C11H10Cl3NO/c12-7-4-3-6(9(13)10(7)14)11(16)8-2-1-5-15-8/h3-4,8,15H,1-2,5H2. The molecule has 1 heterocycles. The van der Waals surface area contributed by atoms with Gasteiger partial charge in [-0.15, -0.1) is 0 Å². The average Bonchev–Trinajstić information content (AvgIpc) is 2.79. The first-order valence-electron chi connectivity index (χ1n) is 5.02. The van der Waals surface area contributed by atoms with Crippen molar-refractivity contribution in [2.45, 2.75) is 18.9 Å². The van der Waals surface area contributed by atoms with Gasteiger partial charge in [0.1, 0.15) is 0 Å². The fourth-order valence-corrected chi connectivity index (χ4v) is 2.44. The van der Waals surface area contributed by atoms with Crippen LogP contribution in [0.25, 0.3) is 0 Å².